The fraction of sp³-hybridized carbons (Fsp3) is 0.786. The summed E-state index contributed by atoms with van der Waals surface area (Å²) in [7, 11) is 3.78. The van der Waals surface area contributed by atoms with Crippen LogP contribution in [-0.4, -0.2) is 36.1 Å². The largest absolute Gasteiger partial charge is 0.379 e. The predicted molar refractivity (Wildman–Crippen MR) is 74.7 cm³/mol. The maximum absolute atomic E-state index is 5.68. The normalized spacial score (nSPS) is 15.7. The van der Waals surface area contributed by atoms with E-state index in [0.717, 1.165) is 13.0 Å². The molecule has 18 heavy (non-hydrogen) atoms. The second kappa shape index (κ2) is 6.34. The number of likely N-dealkylation sites (N-methyl/N-ethyl adjacent to an activating group) is 1. The molecule has 2 atom stereocenters. The number of nitrogens with one attached hydrogen (secondary N) is 1. The summed E-state index contributed by atoms with van der Waals surface area (Å²) in [6.45, 7) is 9.64. The van der Waals surface area contributed by atoms with Crippen molar-refractivity contribution >= 4 is 0 Å². The first-order chi connectivity index (χ1) is 8.42. The molecule has 104 valence electrons. The van der Waals surface area contributed by atoms with Crippen LogP contribution in [0, 0.1) is 5.41 Å². The Balaban J connectivity index is 2.77. The smallest absolute Gasteiger partial charge is 0.0775 e. The summed E-state index contributed by atoms with van der Waals surface area (Å²) in [5.74, 6) is 0. The maximum Gasteiger partial charge on any atom is 0.0775 e. The van der Waals surface area contributed by atoms with Gasteiger partial charge in [-0.1, -0.05) is 20.8 Å². The van der Waals surface area contributed by atoms with E-state index in [1.165, 1.54) is 5.56 Å². The van der Waals surface area contributed by atoms with E-state index >= 15 is 0 Å². The van der Waals surface area contributed by atoms with Crippen molar-refractivity contribution in [3.63, 3.8) is 0 Å². The number of hydrogen-bond acceptors (Lipinski definition) is 3. The molecule has 1 rings (SSSR count). The molecule has 0 amide bonds. The van der Waals surface area contributed by atoms with Gasteiger partial charge in [0.25, 0.3) is 0 Å². The Bertz CT molecular complexity index is 354. The van der Waals surface area contributed by atoms with Gasteiger partial charge in [-0.2, -0.15) is 5.10 Å². The lowest BCUT2D eigenvalue weighted by molar-refractivity contribution is -0.00921. The summed E-state index contributed by atoms with van der Waals surface area (Å²) in [6, 6.07) is 0.296. The molecule has 4 heteroatoms. The van der Waals surface area contributed by atoms with Crippen LogP contribution in [0.2, 0.25) is 0 Å². The summed E-state index contributed by atoms with van der Waals surface area (Å²) in [5.41, 5.74) is 1.37. The Labute approximate surface area is 111 Å². The molecule has 1 aromatic rings. The van der Waals surface area contributed by atoms with Crippen molar-refractivity contribution in [2.45, 2.75) is 52.8 Å². The van der Waals surface area contributed by atoms with E-state index in [1.807, 2.05) is 17.9 Å². The summed E-state index contributed by atoms with van der Waals surface area (Å²) in [5, 5.41) is 7.69. The molecule has 0 aliphatic heterocycles. The third kappa shape index (κ3) is 3.82. The van der Waals surface area contributed by atoms with Crippen molar-refractivity contribution in [2.24, 2.45) is 5.41 Å². The highest BCUT2D eigenvalue weighted by Crippen LogP contribution is 2.26. The average molecular weight is 253 g/mol. The molecule has 0 bridgehead atoms. The van der Waals surface area contributed by atoms with E-state index in [0.29, 0.717) is 6.04 Å². The van der Waals surface area contributed by atoms with Crippen LogP contribution in [0.25, 0.3) is 0 Å². The third-order valence-corrected chi connectivity index (χ3v) is 3.31. The van der Waals surface area contributed by atoms with Gasteiger partial charge in [0.1, 0.15) is 0 Å². The van der Waals surface area contributed by atoms with Gasteiger partial charge in [0, 0.05) is 25.9 Å². The van der Waals surface area contributed by atoms with Crippen molar-refractivity contribution in [1.29, 1.82) is 0 Å². The van der Waals surface area contributed by atoms with Gasteiger partial charge < -0.3 is 10.1 Å². The fourth-order valence-corrected chi connectivity index (χ4v) is 2.42. The molecule has 2 unspecified atom stereocenters. The number of aryl methyl sites for hydroxylation is 1. The minimum Gasteiger partial charge on any atom is -0.379 e. The zero-order chi connectivity index (χ0) is 13.8. The zero-order valence-electron chi connectivity index (χ0n) is 12.5. The fourth-order valence-electron chi connectivity index (χ4n) is 2.42. The van der Waals surface area contributed by atoms with Crippen LogP contribution in [0.3, 0.4) is 0 Å². The number of hydrogen-bond donors (Lipinski definition) is 1. The molecule has 0 aliphatic rings. The molecule has 0 aliphatic carbocycles. The van der Waals surface area contributed by atoms with Crippen LogP contribution in [-0.2, 0) is 17.7 Å². The van der Waals surface area contributed by atoms with Crippen molar-refractivity contribution in [3.8, 4) is 0 Å². The molecule has 0 saturated heterocycles. The summed E-state index contributed by atoms with van der Waals surface area (Å²) in [6.07, 6.45) is 5.17. The highest BCUT2D eigenvalue weighted by molar-refractivity contribution is 5.08. The Hall–Kier alpha value is -0.870. The van der Waals surface area contributed by atoms with Crippen LogP contribution >= 0.6 is 0 Å². The predicted octanol–water partition coefficient (Wildman–Crippen LogP) is 2.09. The van der Waals surface area contributed by atoms with Crippen LogP contribution in [0.4, 0.5) is 0 Å². The summed E-state index contributed by atoms with van der Waals surface area (Å²) in [4.78, 5) is 0. The second-order valence-corrected chi connectivity index (χ2v) is 5.83. The van der Waals surface area contributed by atoms with Crippen LogP contribution in [0.5, 0.6) is 0 Å². The monoisotopic (exact) mass is 253 g/mol. The number of nitrogens with zero attached hydrogens (tertiary/aromatic N) is 2. The average Bonchev–Trinajstić information content (AvgIpc) is 2.74. The first-order valence-electron chi connectivity index (χ1n) is 6.63. The van der Waals surface area contributed by atoms with Gasteiger partial charge in [0.15, 0.2) is 0 Å². The van der Waals surface area contributed by atoms with Gasteiger partial charge in [0.2, 0.25) is 0 Å². The number of ether oxygens (including phenoxy) is 1. The minimum atomic E-state index is 0.114. The lowest BCUT2D eigenvalue weighted by Gasteiger charge is -2.35. The van der Waals surface area contributed by atoms with Crippen LogP contribution < -0.4 is 5.32 Å². The highest BCUT2D eigenvalue weighted by atomic mass is 16.5. The molecule has 1 aromatic heterocycles. The molecule has 0 radical (unpaired) electrons. The van der Waals surface area contributed by atoms with Gasteiger partial charge in [-0.3, -0.25) is 4.68 Å². The van der Waals surface area contributed by atoms with Gasteiger partial charge in [-0.05, 0) is 31.4 Å². The van der Waals surface area contributed by atoms with E-state index in [-0.39, 0.29) is 11.5 Å². The number of rotatable bonds is 6. The summed E-state index contributed by atoms with van der Waals surface area (Å²) < 4.78 is 7.64. The number of methoxy groups -OCH3 is 1. The third-order valence-electron chi connectivity index (χ3n) is 3.31. The van der Waals surface area contributed by atoms with Crippen molar-refractivity contribution in [2.75, 3.05) is 14.2 Å². The second-order valence-electron chi connectivity index (χ2n) is 5.83. The molecule has 0 aromatic carbocycles. The van der Waals surface area contributed by atoms with Gasteiger partial charge in [-0.25, -0.2) is 0 Å². The Kier molecular flexibility index (Phi) is 5.35. The van der Waals surface area contributed by atoms with Gasteiger partial charge >= 0.3 is 0 Å². The first-order valence-corrected chi connectivity index (χ1v) is 6.63. The standard InChI is InChI=1S/C14H27N3O/c1-7-17-10-11(9-16-17)8-12(15-5)13(18-6)14(2,3)4/h9-10,12-13,15H,7-8H2,1-6H3. The molecule has 0 saturated carbocycles. The molecule has 1 heterocycles. The maximum atomic E-state index is 5.68. The lowest BCUT2D eigenvalue weighted by Crippen LogP contribution is -2.47. The number of aromatic nitrogens is 2. The van der Waals surface area contributed by atoms with Gasteiger partial charge in [-0.15, -0.1) is 0 Å². The zero-order valence-corrected chi connectivity index (χ0v) is 12.5. The van der Waals surface area contributed by atoms with E-state index in [9.17, 15) is 0 Å². The quantitative estimate of drug-likeness (QED) is 0.844. The van der Waals surface area contributed by atoms with Crippen LogP contribution in [0.15, 0.2) is 12.4 Å². The SMILES string of the molecule is CCn1cc(CC(NC)C(OC)C(C)(C)C)cn1. The highest BCUT2D eigenvalue weighted by Gasteiger charge is 2.31. The Morgan fingerprint density at radius 1 is 1.44 bits per heavy atom. The van der Waals surface area contributed by atoms with Crippen molar-refractivity contribution in [1.82, 2.24) is 15.1 Å². The van der Waals surface area contributed by atoms with E-state index in [1.54, 1.807) is 7.11 Å². The van der Waals surface area contributed by atoms with E-state index in [4.69, 9.17) is 4.74 Å². The minimum absolute atomic E-state index is 0.114. The van der Waals surface area contributed by atoms with Crippen molar-refractivity contribution < 1.29 is 4.74 Å². The molecular weight excluding hydrogens is 226 g/mol. The molecule has 0 fully saturated rings. The lowest BCUT2D eigenvalue weighted by atomic mass is 9.82. The van der Waals surface area contributed by atoms with E-state index < -0.39 is 0 Å². The van der Waals surface area contributed by atoms with Gasteiger partial charge in [0.05, 0.1) is 12.3 Å². The molecule has 0 spiro atoms. The van der Waals surface area contributed by atoms with E-state index in [2.05, 4.69) is 44.3 Å². The van der Waals surface area contributed by atoms with Crippen LogP contribution in [0.1, 0.15) is 33.3 Å². The molecular formula is C14H27N3O. The molecule has 4 nitrogen and oxygen atoms in total. The summed E-state index contributed by atoms with van der Waals surface area (Å²) >= 11 is 0. The van der Waals surface area contributed by atoms with Crippen molar-refractivity contribution in [3.05, 3.63) is 18.0 Å². The first kappa shape index (κ1) is 15.2. The Morgan fingerprint density at radius 2 is 2.11 bits per heavy atom. The Morgan fingerprint density at radius 3 is 2.50 bits per heavy atom. The molecule has 1 N–H and O–H groups in total. The topological polar surface area (TPSA) is 39.1 Å².